The Morgan fingerprint density at radius 2 is 2.00 bits per heavy atom. The molecular weight excluding hydrogens is 302 g/mol. The molecule has 0 aliphatic heterocycles. The van der Waals surface area contributed by atoms with Gasteiger partial charge in [0.25, 0.3) is 0 Å². The van der Waals surface area contributed by atoms with Gasteiger partial charge in [0.1, 0.15) is 5.82 Å². The fourth-order valence-corrected chi connectivity index (χ4v) is 2.89. The number of aromatic amines is 1. The van der Waals surface area contributed by atoms with Gasteiger partial charge in [-0.05, 0) is 31.7 Å². The minimum absolute atomic E-state index is 0.390. The van der Waals surface area contributed by atoms with Crippen molar-refractivity contribution in [2.45, 2.75) is 44.1 Å². The van der Waals surface area contributed by atoms with Crippen molar-refractivity contribution in [3.63, 3.8) is 0 Å². The molecule has 0 unspecified atom stereocenters. The van der Waals surface area contributed by atoms with E-state index in [0.29, 0.717) is 34.7 Å². The molecule has 3 heterocycles. The highest BCUT2D eigenvalue weighted by molar-refractivity contribution is 6.33. The minimum Gasteiger partial charge on any atom is -0.280 e. The molecule has 0 saturated heterocycles. The van der Waals surface area contributed by atoms with Gasteiger partial charge in [-0.3, -0.25) is 5.10 Å². The van der Waals surface area contributed by atoms with Crippen LogP contribution in [0.4, 0.5) is 0 Å². The number of hydrogen-bond donors (Lipinski definition) is 1. The number of aromatic nitrogens is 7. The number of nitrogens with one attached hydrogen (secondary N) is 1. The molecule has 2 aliphatic carbocycles. The molecule has 0 aromatic carbocycles. The van der Waals surface area contributed by atoms with E-state index in [1.165, 1.54) is 12.8 Å². The van der Waals surface area contributed by atoms with E-state index in [1.807, 2.05) is 0 Å². The molecule has 2 aliphatic rings. The summed E-state index contributed by atoms with van der Waals surface area (Å²) in [7, 11) is 0. The van der Waals surface area contributed by atoms with E-state index in [2.05, 4.69) is 36.5 Å². The maximum Gasteiger partial charge on any atom is 0.183 e. The Kier molecular flexibility index (Phi) is 2.55. The van der Waals surface area contributed by atoms with Crippen molar-refractivity contribution in [3.05, 3.63) is 28.4 Å². The molecule has 3 aromatic rings. The molecule has 0 radical (unpaired) electrons. The quantitative estimate of drug-likeness (QED) is 0.747. The first-order valence-electron chi connectivity index (χ1n) is 7.59. The van der Waals surface area contributed by atoms with E-state index in [1.54, 1.807) is 4.68 Å². The molecule has 0 atom stereocenters. The van der Waals surface area contributed by atoms with Crippen LogP contribution in [0.25, 0.3) is 11.2 Å². The van der Waals surface area contributed by atoms with Gasteiger partial charge >= 0.3 is 0 Å². The summed E-state index contributed by atoms with van der Waals surface area (Å²) in [6, 6.07) is 2.11. The molecule has 2 saturated carbocycles. The van der Waals surface area contributed by atoms with E-state index in [-0.39, 0.29) is 0 Å². The summed E-state index contributed by atoms with van der Waals surface area (Å²) in [5, 5.41) is 16.1. The van der Waals surface area contributed by atoms with Crippen LogP contribution in [0.3, 0.4) is 0 Å². The summed E-state index contributed by atoms with van der Waals surface area (Å²) >= 11 is 6.22. The van der Waals surface area contributed by atoms with Crippen LogP contribution in [0, 0.1) is 0 Å². The number of nitrogens with zero attached hydrogens (tertiary/aromatic N) is 6. The highest BCUT2D eigenvalue weighted by Crippen LogP contribution is 2.40. The van der Waals surface area contributed by atoms with E-state index in [9.17, 15) is 0 Å². The largest absolute Gasteiger partial charge is 0.280 e. The normalized spacial score (nSPS) is 18.2. The fourth-order valence-electron chi connectivity index (χ4n) is 2.68. The summed E-state index contributed by atoms with van der Waals surface area (Å²) in [6.07, 6.45) is 4.75. The van der Waals surface area contributed by atoms with Crippen LogP contribution in [0.1, 0.15) is 54.7 Å². The van der Waals surface area contributed by atoms with E-state index in [4.69, 9.17) is 11.6 Å². The predicted molar refractivity (Wildman–Crippen MR) is 79.8 cm³/mol. The molecular formula is C14H14ClN7. The lowest BCUT2D eigenvalue weighted by molar-refractivity contribution is 0.649. The number of halogens is 1. The first-order chi connectivity index (χ1) is 10.8. The Morgan fingerprint density at radius 3 is 2.77 bits per heavy atom. The van der Waals surface area contributed by atoms with Crippen LogP contribution in [-0.4, -0.2) is 35.2 Å². The van der Waals surface area contributed by atoms with Gasteiger partial charge in [0.05, 0.1) is 17.9 Å². The van der Waals surface area contributed by atoms with E-state index in [0.717, 1.165) is 30.1 Å². The zero-order chi connectivity index (χ0) is 14.7. The molecule has 1 N–H and O–H groups in total. The monoisotopic (exact) mass is 315 g/mol. The molecule has 2 fully saturated rings. The highest BCUT2D eigenvalue weighted by atomic mass is 35.5. The third kappa shape index (κ3) is 2.08. The van der Waals surface area contributed by atoms with Crippen LogP contribution in [-0.2, 0) is 6.54 Å². The maximum absolute atomic E-state index is 6.22. The van der Waals surface area contributed by atoms with Crippen LogP contribution in [0.5, 0.6) is 0 Å². The van der Waals surface area contributed by atoms with Crippen LogP contribution in [0.15, 0.2) is 6.07 Å². The van der Waals surface area contributed by atoms with Gasteiger partial charge in [-0.2, -0.15) is 5.10 Å². The topological polar surface area (TPSA) is 85.2 Å². The van der Waals surface area contributed by atoms with Crippen molar-refractivity contribution in [2.24, 2.45) is 0 Å². The lowest BCUT2D eigenvalue weighted by Crippen LogP contribution is -2.05. The Morgan fingerprint density at radius 1 is 1.18 bits per heavy atom. The van der Waals surface area contributed by atoms with Crippen molar-refractivity contribution < 1.29 is 0 Å². The third-order valence-electron chi connectivity index (χ3n) is 4.25. The Hall–Kier alpha value is -2.02. The van der Waals surface area contributed by atoms with Crippen molar-refractivity contribution in [1.82, 2.24) is 35.2 Å². The minimum atomic E-state index is 0.390. The zero-order valence-corrected chi connectivity index (χ0v) is 12.6. The fraction of sp³-hybridized carbons (Fsp3) is 0.500. The molecule has 0 spiro atoms. The van der Waals surface area contributed by atoms with Crippen LogP contribution < -0.4 is 0 Å². The van der Waals surface area contributed by atoms with Crippen molar-refractivity contribution in [3.8, 4) is 0 Å². The molecule has 3 aromatic heterocycles. The summed E-state index contributed by atoms with van der Waals surface area (Å²) in [6.45, 7) is 0.563. The summed E-state index contributed by atoms with van der Waals surface area (Å²) < 4.78 is 1.76. The third-order valence-corrected chi connectivity index (χ3v) is 4.51. The van der Waals surface area contributed by atoms with Gasteiger partial charge in [-0.25, -0.2) is 14.6 Å². The lowest BCUT2D eigenvalue weighted by atomic mass is 10.3. The Bertz CT molecular complexity index is 859. The van der Waals surface area contributed by atoms with Gasteiger partial charge in [0.2, 0.25) is 0 Å². The van der Waals surface area contributed by atoms with Gasteiger partial charge in [-0.1, -0.05) is 16.8 Å². The summed E-state index contributed by atoms with van der Waals surface area (Å²) in [5.74, 6) is 1.89. The highest BCUT2D eigenvalue weighted by Gasteiger charge is 2.29. The van der Waals surface area contributed by atoms with E-state index >= 15 is 0 Å². The molecule has 22 heavy (non-hydrogen) atoms. The SMILES string of the molecule is Clc1nc(C2CC2)nc2c1nnn2Cc1cc(C2CC2)n[nH]1. The number of fused-ring (bicyclic) bond motifs is 1. The van der Waals surface area contributed by atoms with Gasteiger partial charge in [-0.15, -0.1) is 5.10 Å². The molecule has 5 rings (SSSR count). The van der Waals surface area contributed by atoms with Crippen LogP contribution >= 0.6 is 11.6 Å². The summed E-state index contributed by atoms with van der Waals surface area (Å²) in [5.41, 5.74) is 3.42. The Labute approximate surface area is 131 Å². The first kappa shape index (κ1) is 12.5. The van der Waals surface area contributed by atoms with Gasteiger partial charge < -0.3 is 0 Å². The van der Waals surface area contributed by atoms with Gasteiger partial charge in [0, 0.05) is 11.8 Å². The van der Waals surface area contributed by atoms with Crippen molar-refractivity contribution in [1.29, 1.82) is 0 Å². The Balaban J connectivity index is 1.52. The predicted octanol–water partition coefficient (Wildman–Crippen LogP) is 2.40. The van der Waals surface area contributed by atoms with Crippen molar-refractivity contribution in [2.75, 3.05) is 0 Å². The smallest absolute Gasteiger partial charge is 0.183 e. The molecule has 0 amide bonds. The standard InChI is InChI=1S/C14H14ClN7/c15-12-11-14(17-13(16-12)8-3-4-8)22(21-20-11)6-9-5-10(19-18-9)7-1-2-7/h5,7-8H,1-4,6H2,(H,18,19). The maximum atomic E-state index is 6.22. The number of hydrogen-bond acceptors (Lipinski definition) is 5. The average Bonchev–Trinajstić information content (AvgIpc) is 3.44. The molecule has 112 valence electrons. The lowest BCUT2D eigenvalue weighted by Gasteiger charge is -2.01. The second-order valence-electron chi connectivity index (χ2n) is 6.16. The molecule has 8 heteroatoms. The van der Waals surface area contributed by atoms with Crippen LogP contribution in [0.2, 0.25) is 5.15 Å². The first-order valence-corrected chi connectivity index (χ1v) is 7.96. The number of H-pyrrole nitrogens is 1. The second kappa shape index (κ2) is 4.49. The molecule has 0 bridgehead atoms. The average molecular weight is 316 g/mol. The second-order valence-corrected chi connectivity index (χ2v) is 6.52. The van der Waals surface area contributed by atoms with E-state index < -0.39 is 0 Å². The molecule has 7 nitrogen and oxygen atoms in total. The van der Waals surface area contributed by atoms with Gasteiger partial charge in [0.15, 0.2) is 16.3 Å². The zero-order valence-electron chi connectivity index (χ0n) is 11.8. The number of rotatable bonds is 4. The summed E-state index contributed by atoms with van der Waals surface area (Å²) in [4.78, 5) is 8.95. The van der Waals surface area contributed by atoms with Crippen molar-refractivity contribution >= 4 is 22.8 Å².